The summed E-state index contributed by atoms with van der Waals surface area (Å²) in [7, 11) is 0. The van der Waals surface area contributed by atoms with Crippen molar-refractivity contribution in [1.82, 2.24) is 15.8 Å². The average Bonchev–Trinajstić information content (AvgIpc) is 2.49. The Balaban J connectivity index is 1.93. The van der Waals surface area contributed by atoms with Crippen molar-refractivity contribution in [3.8, 4) is 0 Å². The molecule has 0 aliphatic carbocycles. The molecule has 22 heavy (non-hydrogen) atoms. The molecule has 0 fully saturated rings. The van der Waals surface area contributed by atoms with Gasteiger partial charge in [-0.2, -0.15) is 0 Å². The first-order chi connectivity index (χ1) is 10.5. The summed E-state index contributed by atoms with van der Waals surface area (Å²) in [5, 5.41) is 3.36. The van der Waals surface area contributed by atoms with Gasteiger partial charge < -0.3 is 5.32 Å². The third-order valence-electron chi connectivity index (χ3n) is 3.11. The van der Waals surface area contributed by atoms with E-state index in [0.717, 1.165) is 21.3 Å². The fraction of sp³-hybridized carbons (Fsp3) is 0.133. The van der Waals surface area contributed by atoms with Gasteiger partial charge in [-0.25, -0.2) is 0 Å². The second-order valence-electron chi connectivity index (χ2n) is 4.67. The maximum atomic E-state index is 12.0. The molecular weight excluding hydrogens is 364 g/mol. The highest BCUT2D eigenvalue weighted by Gasteiger charge is 2.07. The van der Waals surface area contributed by atoms with Gasteiger partial charge in [0.05, 0.1) is 5.56 Å². The predicted molar refractivity (Wildman–Crippen MR) is 94.7 cm³/mol. The van der Waals surface area contributed by atoms with Crippen molar-refractivity contribution in [3.05, 3.63) is 57.8 Å². The zero-order valence-corrected chi connectivity index (χ0v) is 14.5. The number of anilines is 1. The van der Waals surface area contributed by atoms with E-state index in [4.69, 9.17) is 12.2 Å². The molecule has 0 atom stereocenters. The van der Waals surface area contributed by atoms with Crippen molar-refractivity contribution >= 4 is 44.9 Å². The topological polar surface area (TPSA) is 66.0 Å². The van der Waals surface area contributed by atoms with Gasteiger partial charge in [-0.05, 0) is 65.3 Å². The number of aromatic nitrogens is 1. The highest BCUT2D eigenvalue weighted by atomic mass is 79.9. The van der Waals surface area contributed by atoms with Crippen molar-refractivity contribution in [1.29, 1.82) is 0 Å². The molecule has 0 aliphatic rings. The molecule has 7 heteroatoms. The Bertz CT molecular complexity index is 720. The normalized spacial score (nSPS) is 9.95. The largest absolute Gasteiger partial charge is 0.331 e. The molecule has 0 aliphatic heterocycles. The number of amides is 1. The van der Waals surface area contributed by atoms with Gasteiger partial charge in [0.2, 0.25) is 0 Å². The van der Waals surface area contributed by atoms with E-state index < -0.39 is 0 Å². The van der Waals surface area contributed by atoms with Crippen LogP contribution in [0.1, 0.15) is 21.5 Å². The number of carbonyl (C=O) groups excluding carboxylic acids is 1. The highest BCUT2D eigenvalue weighted by Crippen LogP contribution is 2.17. The van der Waals surface area contributed by atoms with E-state index in [9.17, 15) is 4.79 Å². The number of aryl methyl sites for hydroxylation is 1. The lowest BCUT2D eigenvalue weighted by molar-refractivity contribution is 0.0943. The van der Waals surface area contributed by atoms with Gasteiger partial charge >= 0.3 is 0 Å². The minimum absolute atomic E-state index is 0.310. The summed E-state index contributed by atoms with van der Waals surface area (Å²) in [6, 6.07) is 7.57. The smallest absolute Gasteiger partial charge is 0.271 e. The van der Waals surface area contributed by atoms with Crippen LogP contribution >= 0.6 is 28.1 Å². The summed E-state index contributed by atoms with van der Waals surface area (Å²) < 4.78 is 0.733. The van der Waals surface area contributed by atoms with Crippen molar-refractivity contribution < 1.29 is 4.79 Å². The first-order valence-electron chi connectivity index (χ1n) is 6.51. The fourth-order valence-corrected chi connectivity index (χ4v) is 2.29. The number of benzene rings is 1. The van der Waals surface area contributed by atoms with Gasteiger partial charge in [0.25, 0.3) is 5.91 Å². The summed E-state index contributed by atoms with van der Waals surface area (Å²) in [6.07, 6.45) is 3.08. The molecule has 1 aromatic heterocycles. The second-order valence-corrected chi connectivity index (χ2v) is 6.00. The second kappa shape index (κ2) is 7.33. The van der Waals surface area contributed by atoms with Crippen LogP contribution in [0.15, 0.2) is 41.1 Å². The van der Waals surface area contributed by atoms with Crippen molar-refractivity contribution in [2.24, 2.45) is 0 Å². The van der Waals surface area contributed by atoms with Gasteiger partial charge in [-0.15, -0.1) is 0 Å². The van der Waals surface area contributed by atoms with Crippen molar-refractivity contribution in [3.63, 3.8) is 0 Å². The maximum absolute atomic E-state index is 12.0. The van der Waals surface area contributed by atoms with Crippen LogP contribution in [0.4, 0.5) is 5.69 Å². The summed E-state index contributed by atoms with van der Waals surface area (Å²) >= 11 is 8.44. The molecule has 0 unspecified atom stereocenters. The van der Waals surface area contributed by atoms with Gasteiger partial charge in [0.15, 0.2) is 5.11 Å². The van der Waals surface area contributed by atoms with Crippen LogP contribution in [-0.2, 0) is 0 Å². The minimum Gasteiger partial charge on any atom is -0.331 e. The maximum Gasteiger partial charge on any atom is 0.271 e. The Labute approximate surface area is 142 Å². The zero-order chi connectivity index (χ0) is 16.1. The van der Waals surface area contributed by atoms with E-state index in [2.05, 4.69) is 37.1 Å². The molecule has 114 valence electrons. The Morgan fingerprint density at radius 1 is 1.23 bits per heavy atom. The number of carbonyl (C=O) groups is 1. The van der Waals surface area contributed by atoms with Crippen molar-refractivity contribution in [2.45, 2.75) is 13.8 Å². The monoisotopic (exact) mass is 378 g/mol. The fourth-order valence-electron chi connectivity index (χ4n) is 1.76. The molecule has 1 amide bonds. The Morgan fingerprint density at radius 3 is 2.73 bits per heavy atom. The summed E-state index contributed by atoms with van der Waals surface area (Å²) in [5.74, 6) is -0.320. The number of halogens is 1. The molecule has 2 aromatic rings. The zero-order valence-electron chi connectivity index (χ0n) is 12.1. The van der Waals surface area contributed by atoms with Crippen LogP contribution < -0.4 is 16.2 Å². The number of hydrogen-bond donors (Lipinski definition) is 3. The molecule has 0 saturated carbocycles. The third kappa shape index (κ3) is 4.25. The molecule has 0 saturated heterocycles. The lowest BCUT2D eigenvalue weighted by atomic mass is 10.1. The lowest BCUT2D eigenvalue weighted by Gasteiger charge is -2.14. The van der Waals surface area contributed by atoms with Crippen LogP contribution in [0.3, 0.4) is 0 Å². The van der Waals surface area contributed by atoms with E-state index in [-0.39, 0.29) is 5.91 Å². The predicted octanol–water partition coefficient (Wildman–Crippen LogP) is 3.09. The number of rotatable bonds is 2. The SMILES string of the molecule is Cc1cccc(NC(=S)NNC(=O)c2cncc(Br)c2)c1C. The standard InChI is InChI=1S/C15H15BrN4OS/c1-9-4-3-5-13(10(9)2)18-15(22)20-19-14(21)11-6-12(16)8-17-7-11/h3-8H,1-2H3,(H,19,21)(H2,18,20,22). The number of thiocarbonyl (C=S) groups is 1. The van der Waals surface area contributed by atoms with E-state index >= 15 is 0 Å². The first-order valence-corrected chi connectivity index (χ1v) is 7.71. The van der Waals surface area contributed by atoms with Crippen LogP contribution in [0.5, 0.6) is 0 Å². The Kier molecular flexibility index (Phi) is 5.46. The van der Waals surface area contributed by atoms with E-state index in [1.165, 1.54) is 6.20 Å². The molecule has 3 N–H and O–H groups in total. The molecule has 0 spiro atoms. The van der Waals surface area contributed by atoms with Crippen LogP contribution in [-0.4, -0.2) is 16.0 Å². The van der Waals surface area contributed by atoms with Gasteiger partial charge in [-0.1, -0.05) is 12.1 Å². The number of pyridine rings is 1. The molecule has 5 nitrogen and oxygen atoms in total. The Hall–Kier alpha value is -1.99. The lowest BCUT2D eigenvalue weighted by Crippen LogP contribution is -2.43. The van der Waals surface area contributed by atoms with E-state index in [1.54, 1.807) is 12.3 Å². The molecule has 0 bridgehead atoms. The number of hydrogen-bond acceptors (Lipinski definition) is 3. The summed E-state index contributed by atoms with van der Waals surface area (Å²) in [5.41, 5.74) is 8.80. The van der Waals surface area contributed by atoms with Gasteiger partial charge in [0, 0.05) is 22.6 Å². The Morgan fingerprint density at radius 2 is 2.00 bits per heavy atom. The first kappa shape index (κ1) is 16.4. The molecule has 1 heterocycles. The number of hydrazine groups is 1. The van der Waals surface area contributed by atoms with Crippen LogP contribution in [0, 0.1) is 13.8 Å². The van der Waals surface area contributed by atoms with Crippen LogP contribution in [0.25, 0.3) is 0 Å². The molecular formula is C15H15BrN4OS. The van der Waals surface area contributed by atoms with Crippen molar-refractivity contribution in [2.75, 3.05) is 5.32 Å². The summed E-state index contributed by atoms with van der Waals surface area (Å²) in [6.45, 7) is 4.03. The quantitative estimate of drug-likeness (QED) is 0.553. The molecule has 2 rings (SSSR count). The number of nitrogens with zero attached hydrogens (tertiary/aromatic N) is 1. The number of nitrogens with one attached hydrogen (secondary N) is 3. The summed E-state index contributed by atoms with van der Waals surface area (Å²) in [4.78, 5) is 15.9. The van der Waals surface area contributed by atoms with E-state index in [1.807, 2.05) is 32.0 Å². The van der Waals surface area contributed by atoms with Gasteiger partial charge in [0.1, 0.15) is 0 Å². The van der Waals surface area contributed by atoms with E-state index in [0.29, 0.717) is 10.7 Å². The molecule has 1 aromatic carbocycles. The minimum atomic E-state index is -0.320. The third-order valence-corrected chi connectivity index (χ3v) is 3.75. The average molecular weight is 379 g/mol. The van der Waals surface area contributed by atoms with Crippen LogP contribution in [0.2, 0.25) is 0 Å². The highest BCUT2D eigenvalue weighted by molar-refractivity contribution is 9.10. The molecule has 0 radical (unpaired) electrons. The van der Waals surface area contributed by atoms with Gasteiger partial charge in [-0.3, -0.25) is 20.6 Å².